The van der Waals surface area contributed by atoms with Crippen LogP contribution in [0.15, 0.2) is 34.9 Å². The highest BCUT2D eigenvalue weighted by Gasteiger charge is 2.58. The van der Waals surface area contributed by atoms with Crippen molar-refractivity contribution >= 4 is 11.6 Å². The maximum atomic E-state index is 12.5. The zero-order valence-corrected chi connectivity index (χ0v) is 14.6. The van der Waals surface area contributed by atoms with E-state index in [4.69, 9.17) is 0 Å². The zero-order chi connectivity index (χ0) is 16.6. The van der Waals surface area contributed by atoms with Gasteiger partial charge in [0.05, 0.1) is 0 Å². The molecule has 2 nitrogen and oxygen atoms in total. The van der Waals surface area contributed by atoms with Gasteiger partial charge in [-0.25, -0.2) is 0 Å². The van der Waals surface area contributed by atoms with Crippen molar-refractivity contribution in [2.24, 2.45) is 28.6 Å². The molecule has 4 aliphatic carbocycles. The number of rotatable bonds is 0. The van der Waals surface area contributed by atoms with E-state index in [0.29, 0.717) is 23.5 Å². The number of carbonyl (C=O) groups excluding carboxylic acids is 2. The normalized spacial score (nSPS) is 45.6. The molecule has 0 aromatic rings. The lowest BCUT2D eigenvalue weighted by Crippen LogP contribution is -2.49. The SMILES string of the molecule is CC1=C[C@@H]2[C@H](CC[C@]3(C)C(=O)CC[C@@H]23)[C@@]2(C)C(C)=CC(=O)C=C12. The topological polar surface area (TPSA) is 34.1 Å². The zero-order valence-electron chi connectivity index (χ0n) is 14.6. The molecular weight excluding hydrogens is 284 g/mol. The molecule has 0 radical (unpaired) electrons. The van der Waals surface area contributed by atoms with Crippen molar-refractivity contribution in [3.05, 3.63) is 34.9 Å². The lowest BCUT2D eigenvalue weighted by Gasteiger charge is -2.55. The molecule has 0 N–H and O–H groups in total. The molecule has 0 heterocycles. The molecule has 2 saturated carbocycles. The molecule has 23 heavy (non-hydrogen) atoms. The Morgan fingerprint density at radius 2 is 1.78 bits per heavy atom. The molecule has 0 aromatic heterocycles. The van der Waals surface area contributed by atoms with Crippen molar-refractivity contribution < 1.29 is 9.59 Å². The highest BCUT2D eigenvalue weighted by molar-refractivity contribution is 6.02. The summed E-state index contributed by atoms with van der Waals surface area (Å²) in [6.07, 6.45) is 9.95. The number of allylic oxidation sites excluding steroid dienone is 6. The van der Waals surface area contributed by atoms with Crippen LogP contribution in [0.2, 0.25) is 0 Å². The van der Waals surface area contributed by atoms with Crippen molar-refractivity contribution in [1.29, 1.82) is 0 Å². The Hall–Kier alpha value is -1.44. The first-order valence-corrected chi connectivity index (χ1v) is 8.95. The molecule has 0 aromatic carbocycles. The van der Waals surface area contributed by atoms with E-state index < -0.39 is 0 Å². The van der Waals surface area contributed by atoms with Gasteiger partial charge in [0.15, 0.2) is 5.78 Å². The van der Waals surface area contributed by atoms with Crippen LogP contribution in [0, 0.1) is 28.6 Å². The fourth-order valence-electron chi connectivity index (χ4n) is 6.18. The van der Waals surface area contributed by atoms with Crippen LogP contribution < -0.4 is 0 Å². The number of hydrogen-bond acceptors (Lipinski definition) is 2. The number of hydrogen-bond donors (Lipinski definition) is 0. The molecule has 0 unspecified atom stereocenters. The number of Topliss-reactive ketones (excluding diaryl/α,β-unsaturated/α-hetero) is 1. The van der Waals surface area contributed by atoms with Gasteiger partial charge in [-0.2, -0.15) is 0 Å². The van der Waals surface area contributed by atoms with Gasteiger partial charge in [0.1, 0.15) is 5.78 Å². The van der Waals surface area contributed by atoms with Crippen molar-refractivity contribution in [2.75, 3.05) is 0 Å². The third kappa shape index (κ3) is 1.75. The summed E-state index contributed by atoms with van der Waals surface area (Å²) in [7, 11) is 0. The fourth-order valence-corrected chi connectivity index (χ4v) is 6.18. The summed E-state index contributed by atoms with van der Waals surface area (Å²) in [4.78, 5) is 24.5. The smallest absolute Gasteiger partial charge is 0.178 e. The standard InChI is InChI=1S/C21H26O2/c1-12-9-15-16-5-6-19(23)20(16,3)8-7-17(15)21(4)13(2)10-14(22)11-18(12)21/h9-11,15-17H,5-8H2,1-4H3/t15-,16-,17-,20-,21+/m0/s1. The van der Waals surface area contributed by atoms with Gasteiger partial charge in [0.25, 0.3) is 0 Å². The van der Waals surface area contributed by atoms with Gasteiger partial charge in [0, 0.05) is 17.3 Å². The summed E-state index contributed by atoms with van der Waals surface area (Å²) in [5.41, 5.74) is 3.52. The van der Waals surface area contributed by atoms with E-state index in [-0.39, 0.29) is 16.6 Å². The van der Waals surface area contributed by atoms with Crippen molar-refractivity contribution in [2.45, 2.75) is 53.4 Å². The summed E-state index contributed by atoms with van der Waals surface area (Å²) in [5, 5.41) is 0. The molecule has 5 atom stereocenters. The van der Waals surface area contributed by atoms with Gasteiger partial charge in [-0.1, -0.05) is 31.1 Å². The van der Waals surface area contributed by atoms with Crippen LogP contribution in [0.25, 0.3) is 0 Å². The summed E-state index contributed by atoms with van der Waals surface area (Å²) >= 11 is 0. The minimum Gasteiger partial charge on any atom is -0.299 e. The van der Waals surface area contributed by atoms with E-state index in [1.807, 2.05) is 12.2 Å². The summed E-state index contributed by atoms with van der Waals surface area (Å²) in [5.74, 6) is 2.07. The second-order valence-electron chi connectivity index (χ2n) is 8.55. The Morgan fingerprint density at radius 3 is 2.52 bits per heavy atom. The lowest BCUT2D eigenvalue weighted by atomic mass is 9.48. The first-order valence-electron chi connectivity index (χ1n) is 8.95. The average molecular weight is 310 g/mol. The molecule has 4 aliphatic rings. The van der Waals surface area contributed by atoms with Gasteiger partial charge in [-0.05, 0) is 68.6 Å². The maximum absolute atomic E-state index is 12.5. The lowest BCUT2D eigenvalue weighted by molar-refractivity contribution is -0.130. The quantitative estimate of drug-likeness (QED) is 0.663. The minimum atomic E-state index is -0.113. The molecule has 2 fully saturated rings. The first kappa shape index (κ1) is 15.1. The second-order valence-corrected chi connectivity index (χ2v) is 8.55. The Morgan fingerprint density at radius 1 is 1.04 bits per heavy atom. The van der Waals surface area contributed by atoms with E-state index in [2.05, 4.69) is 33.8 Å². The number of carbonyl (C=O) groups is 2. The Labute approximate surface area is 138 Å². The third-order valence-electron chi connectivity index (χ3n) is 7.67. The van der Waals surface area contributed by atoms with Gasteiger partial charge < -0.3 is 0 Å². The molecule has 2 heteroatoms. The molecular formula is C21H26O2. The van der Waals surface area contributed by atoms with Crippen molar-refractivity contribution in [3.63, 3.8) is 0 Å². The minimum absolute atomic E-state index is 0.0373. The monoisotopic (exact) mass is 310 g/mol. The molecule has 4 rings (SSSR count). The molecule has 0 saturated heterocycles. The Balaban J connectivity index is 1.86. The summed E-state index contributed by atoms with van der Waals surface area (Å²) in [6.45, 7) is 8.79. The van der Waals surface area contributed by atoms with Crippen LogP contribution in [-0.4, -0.2) is 11.6 Å². The highest BCUT2D eigenvalue weighted by atomic mass is 16.1. The van der Waals surface area contributed by atoms with Crippen LogP contribution in [0.1, 0.15) is 53.4 Å². The largest absolute Gasteiger partial charge is 0.299 e. The second kappa shape index (κ2) is 4.55. The van der Waals surface area contributed by atoms with Crippen LogP contribution >= 0.6 is 0 Å². The van der Waals surface area contributed by atoms with Crippen molar-refractivity contribution in [1.82, 2.24) is 0 Å². The first-order chi connectivity index (χ1) is 10.8. The van der Waals surface area contributed by atoms with Gasteiger partial charge in [-0.3, -0.25) is 9.59 Å². The van der Waals surface area contributed by atoms with E-state index >= 15 is 0 Å². The van der Waals surface area contributed by atoms with E-state index in [1.54, 1.807) is 0 Å². The van der Waals surface area contributed by atoms with E-state index in [1.165, 1.54) is 16.7 Å². The van der Waals surface area contributed by atoms with Crippen molar-refractivity contribution in [3.8, 4) is 0 Å². The van der Waals surface area contributed by atoms with Crippen LogP contribution in [0.4, 0.5) is 0 Å². The van der Waals surface area contributed by atoms with Gasteiger partial charge >= 0.3 is 0 Å². The summed E-state index contributed by atoms with van der Waals surface area (Å²) in [6, 6.07) is 0. The fraction of sp³-hybridized carbons (Fsp3) is 0.619. The Kier molecular flexibility index (Phi) is 2.99. The number of fused-ring (bicyclic) bond motifs is 5. The maximum Gasteiger partial charge on any atom is 0.178 e. The van der Waals surface area contributed by atoms with E-state index in [9.17, 15) is 9.59 Å². The van der Waals surface area contributed by atoms with Gasteiger partial charge in [-0.15, -0.1) is 0 Å². The summed E-state index contributed by atoms with van der Waals surface area (Å²) < 4.78 is 0. The average Bonchev–Trinajstić information content (AvgIpc) is 2.78. The molecule has 0 bridgehead atoms. The molecule has 0 aliphatic heterocycles. The predicted octanol–water partition coefficient (Wildman–Crippen LogP) is 4.42. The molecule has 0 spiro atoms. The number of ketones is 2. The predicted molar refractivity (Wildman–Crippen MR) is 90.8 cm³/mol. The molecule has 122 valence electrons. The van der Waals surface area contributed by atoms with Crippen LogP contribution in [0.3, 0.4) is 0 Å². The Bertz CT molecular complexity index is 707. The van der Waals surface area contributed by atoms with Gasteiger partial charge in [0.2, 0.25) is 0 Å². The van der Waals surface area contributed by atoms with E-state index in [0.717, 1.165) is 25.7 Å². The van der Waals surface area contributed by atoms with Crippen LogP contribution in [0.5, 0.6) is 0 Å². The third-order valence-corrected chi connectivity index (χ3v) is 7.67. The highest BCUT2D eigenvalue weighted by Crippen LogP contribution is 2.64. The van der Waals surface area contributed by atoms with Crippen LogP contribution in [-0.2, 0) is 9.59 Å². The molecule has 0 amide bonds.